The Morgan fingerprint density at radius 2 is 2.11 bits per heavy atom. The number of hydrogen-bond acceptors (Lipinski definition) is 5. The monoisotopic (exact) mass is 343 g/mol. The average molecular weight is 344 g/mol. The molecule has 0 aliphatic rings. The van der Waals surface area contributed by atoms with Gasteiger partial charge in [0.2, 0.25) is 5.95 Å². The van der Waals surface area contributed by atoms with Gasteiger partial charge in [-0.05, 0) is 22.0 Å². The number of nitrogens with zero attached hydrogens (tertiary/aromatic N) is 2. The van der Waals surface area contributed by atoms with Gasteiger partial charge in [-0.2, -0.15) is 0 Å². The number of nitrogen functional groups attached to an aromatic ring is 1. The molecule has 0 radical (unpaired) electrons. The van der Waals surface area contributed by atoms with E-state index in [9.17, 15) is 4.57 Å². The number of nitrogens with two attached hydrogens (primary N) is 1. The van der Waals surface area contributed by atoms with Crippen LogP contribution in [-0.2, 0) is 4.57 Å². The Morgan fingerprint density at radius 3 is 2.68 bits per heavy atom. The number of halogens is 1. The molecule has 2 aromatic rings. The lowest BCUT2D eigenvalue weighted by molar-refractivity contribution is 0.554. The van der Waals surface area contributed by atoms with Crippen LogP contribution in [0, 0.1) is 0 Å². The lowest BCUT2D eigenvalue weighted by Gasteiger charge is -2.13. The first kappa shape index (κ1) is 14.3. The van der Waals surface area contributed by atoms with Gasteiger partial charge in [-0.3, -0.25) is 0 Å². The Balaban J connectivity index is 2.62. The summed E-state index contributed by atoms with van der Waals surface area (Å²) < 4.78 is 19.0. The predicted octanol–water partition coefficient (Wildman–Crippen LogP) is 3.11. The van der Waals surface area contributed by atoms with E-state index in [1.807, 2.05) is 13.8 Å². The molecule has 0 spiro atoms. The minimum atomic E-state index is -2.46. The van der Waals surface area contributed by atoms with Crippen molar-refractivity contribution in [1.29, 1.82) is 0 Å². The first-order valence-electron chi connectivity index (χ1n) is 5.97. The molecule has 0 bridgehead atoms. The van der Waals surface area contributed by atoms with E-state index in [4.69, 9.17) is 10.2 Å². The summed E-state index contributed by atoms with van der Waals surface area (Å²) in [5.74, 6) is 0.673. The molecule has 0 aromatic carbocycles. The predicted molar refractivity (Wildman–Crippen MR) is 80.2 cm³/mol. The molecule has 0 amide bonds. The second kappa shape index (κ2) is 5.47. The molecule has 2 aromatic heterocycles. The summed E-state index contributed by atoms with van der Waals surface area (Å²) in [6.45, 7) is 3.84. The lowest BCUT2D eigenvalue weighted by atomic mass is 10.3. The third kappa shape index (κ3) is 2.74. The van der Waals surface area contributed by atoms with Gasteiger partial charge in [0.25, 0.3) is 0 Å². The Labute approximate surface area is 120 Å². The van der Waals surface area contributed by atoms with Crippen LogP contribution in [0.5, 0.6) is 0 Å². The number of hydrogen-bond donors (Lipinski definition) is 1. The lowest BCUT2D eigenvalue weighted by Crippen LogP contribution is -2.10. The van der Waals surface area contributed by atoms with Crippen LogP contribution in [0.4, 0.5) is 5.95 Å². The Kier molecular flexibility index (Phi) is 4.11. The molecule has 2 rings (SSSR count). The van der Waals surface area contributed by atoms with Gasteiger partial charge in [0.1, 0.15) is 12.8 Å². The van der Waals surface area contributed by atoms with Crippen molar-refractivity contribution in [2.45, 2.75) is 13.8 Å². The molecule has 0 saturated heterocycles. The molecule has 7 heteroatoms. The van der Waals surface area contributed by atoms with Gasteiger partial charge in [0, 0.05) is 24.6 Å². The van der Waals surface area contributed by atoms with Crippen molar-refractivity contribution in [2.75, 3.05) is 18.1 Å². The summed E-state index contributed by atoms with van der Waals surface area (Å²) in [6, 6.07) is 3.46. The summed E-state index contributed by atoms with van der Waals surface area (Å²) in [4.78, 5) is 7.98. The molecule has 0 aliphatic heterocycles. The SMILES string of the molecule is CCP(=O)(CC)c1cc(Br)oc1-c1ccnc(N)n1. The highest BCUT2D eigenvalue weighted by Crippen LogP contribution is 2.47. The summed E-state index contributed by atoms with van der Waals surface area (Å²) in [5.41, 5.74) is 6.13. The van der Waals surface area contributed by atoms with Gasteiger partial charge in [-0.25, -0.2) is 9.97 Å². The molecular formula is C12H15BrN3O2P. The van der Waals surface area contributed by atoms with Crippen molar-refractivity contribution in [1.82, 2.24) is 9.97 Å². The van der Waals surface area contributed by atoms with Crippen LogP contribution in [0.1, 0.15) is 13.8 Å². The van der Waals surface area contributed by atoms with Crippen LogP contribution in [0.2, 0.25) is 0 Å². The standard InChI is InChI=1S/C12H15BrN3O2P/c1-3-19(17,4-2)9-7-10(13)18-11(9)8-5-6-15-12(14)16-8/h5-7H,3-4H2,1-2H3,(H2,14,15,16). The van der Waals surface area contributed by atoms with E-state index < -0.39 is 7.14 Å². The largest absolute Gasteiger partial charge is 0.447 e. The highest BCUT2D eigenvalue weighted by atomic mass is 79.9. The van der Waals surface area contributed by atoms with Crippen molar-refractivity contribution in [3.05, 3.63) is 23.0 Å². The molecule has 2 heterocycles. The first-order valence-corrected chi connectivity index (χ1v) is 8.84. The Morgan fingerprint density at radius 1 is 1.42 bits per heavy atom. The molecule has 2 N–H and O–H groups in total. The van der Waals surface area contributed by atoms with Crippen molar-refractivity contribution < 1.29 is 8.98 Å². The average Bonchev–Trinajstić information content (AvgIpc) is 2.80. The van der Waals surface area contributed by atoms with Crippen molar-refractivity contribution in [2.24, 2.45) is 0 Å². The zero-order chi connectivity index (χ0) is 14.0. The quantitative estimate of drug-likeness (QED) is 0.862. The second-order valence-electron chi connectivity index (χ2n) is 4.09. The van der Waals surface area contributed by atoms with E-state index in [0.717, 1.165) is 0 Å². The van der Waals surface area contributed by atoms with Crippen LogP contribution in [-0.4, -0.2) is 22.3 Å². The molecule has 0 aliphatic carbocycles. The maximum absolute atomic E-state index is 12.9. The maximum atomic E-state index is 12.9. The zero-order valence-corrected chi connectivity index (χ0v) is 13.2. The van der Waals surface area contributed by atoms with E-state index in [-0.39, 0.29) is 5.95 Å². The summed E-state index contributed by atoms with van der Waals surface area (Å²) >= 11 is 3.29. The topological polar surface area (TPSA) is 82.0 Å². The zero-order valence-electron chi connectivity index (χ0n) is 10.8. The molecule has 0 atom stereocenters. The van der Waals surface area contributed by atoms with E-state index in [0.29, 0.717) is 33.8 Å². The second-order valence-corrected chi connectivity index (χ2v) is 8.39. The molecule has 102 valence electrons. The van der Waals surface area contributed by atoms with Crippen molar-refractivity contribution in [3.8, 4) is 11.5 Å². The first-order chi connectivity index (χ1) is 9.00. The van der Waals surface area contributed by atoms with Gasteiger partial charge in [-0.1, -0.05) is 13.8 Å². The molecule has 5 nitrogen and oxygen atoms in total. The van der Waals surface area contributed by atoms with E-state index in [1.165, 1.54) is 0 Å². The fourth-order valence-corrected chi connectivity index (χ4v) is 4.48. The van der Waals surface area contributed by atoms with Crippen LogP contribution >= 0.6 is 23.1 Å². The third-order valence-corrected chi connectivity index (χ3v) is 6.69. The molecular weight excluding hydrogens is 329 g/mol. The number of aromatic nitrogens is 2. The van der Waals surface area contributed by atoms with Crippen LogP contribution in [0.3, 0.4) is 0 Å². The van der Waals surface area contributed by atoms with Crippen LogP contribution < -0.4 is 11.0 Å². The summed E-state index contributed by atoms with van der Waals surface area (Å²) in [7, 11) is -2.46. The molecule has 0 unspecified atom stereocenters. The normalized spacial score (nSPS) is 11.7. The van der Waals surface area contributed by atoms with Crippen molar-refractivity contribution >= 4 is 34.3 Å². The fraction of sp³-hybridized carbons (Fsp3) is 0.333. The van der Waals surface area contributed by atoms with Gasteiger partial charge in [0.05, 0.1) is 5.30 Å². The summed E-state index contributed by atoms with van der Waals surface area (Å²) in [6.07, 6.45) is 2.73. The Bertz CT molecular complexity index is 634. The Hall–Kier alpha value is -1.13. The van der Waals surface area contributed by atoms with E-state index >= 15 is 0 Å². The van der Waals surface area contributed by atoms with Gasteiger partial charge < -0.3 is 14.7 Å². The molecule has 0 fully saturated rings. The summed E-state index contributed by atoms with van der Waals surface area (Å²) in [5, 5.41) is 0.711. The van der Waals surface area contributed by atoms with Crippen LogP contribution in [0.25, 0.3) is 11.5 Å². The van der Waals surface area contributed by atoms with Gasteiger partial charge in [0.15, 0.2) is 10.4 Å². The van der Waals surface area contributed by atoms with Gasteiger partial charge >= 0.3 is 0 Å². The minimum absolute atomic E-state index is 0.166. The highest BCUT2D eigenvalue weighted by Gasteiger charge is 2.28. The molecule has 0 saturated carbocycles. The van der Waals surface area contributed by atoms with E-state index in [2.05, 4.69) is 25.9 Å². The number of rotatable bonds is 4. The van der Waals surface area contributed by atoms with Gasteiger partial charge in [-0.15, -0.1) is 0 Å². The number of anilines is 1. The van der Waals surface area contributed by atoms with Crippen molar-refractivity contribution in [3.63, 3.8) is 0 Å². The third-order valence-electron chi connectivity index (χ3n) is 3.05. The van der Waals surface area contributed by atoms with E-state index in [1.54, 1.807) is 18.3 Å². The molecule has 19 heavy (non-hydrogen) atoms. The maximum Gasteiger partial charge on any atom is 0.220 e. The smallest absolute Gasteiger partial charge is 0.220 e. The minimum Gasteiger partial charge on any atom is -0.447 e. The van der Waals surface area contributed by atoms with Crippen LogP contribution in [0.15, 0.2) is 27.4 Å². The highest BCUT2D eigenvalue weighted by molar-refractivity contribution is 9.10. The number of furan rings is 1. The fourth-order valence-electron chi connectivity index (χ4n) is 1.90.